The molecule has 0 aliphatic carbocycles. The Balaban J connectivity index is 3.51. The summed E-state index contributed by atoms with van der Waals surface area (Å²) in [6, 6.07) is 1.58. The van der Waals surface area contributed by atoms with Gasteiger partial charge in [0.25, 0.3) is 5.78 Å². The Morgan fingerprint density at radius 2 is 1.70 bits per heavy atom. The minimum atomic E-state index is -0.982. The van der Waals surface area contributed by atoms with Crippen molar-refractivity contribution in [3.05, 3.63) is 16.1 Å². The van der Waals surface area contributed by atoms with Gasteiger partial charge in [-0.05, 0) is 22.9 Å². The highest BCUT2D eigenvalue weighted by Gasteiger charge is 2.30. The number of hydrogen-bond donors (Lipinski definition) is 0. The molecule has 0 atom stereocenters. The molecule has 1 aromatic carbocycles. The SMILES string of the molecule is CCOC(=O)C(=O)c1c(OC)c(Br)cc(OC)c1OC. The van der Waals surface area contributed by atoms with Crippen LogP contribution in [0.15, 0.2) is 10.5 Å². The highest BCUT2D eigenvalue weighted by atomic mass is 79.9. The third kappa shape index (κ3) is 3.04. The number of carbonyl (C=O) groups is 2. The molecule has 0 N–H and O–H groups in total. The van der Waals surface area contributed by atoms with Crippen molar-refractivity contribution < 1.29 is 28.5 Å². The fourth-order valence-corrected chi connectivity index (χ4v) is 2.22. The molecule has 110 valence electrons. The number of hydrogen-bond acceptors (Lipinski definition) is 6. The van der Waals surface area contributed by atoms with Crippen LogP contribution >= 0.6 is 15.9 Å². The maximum absolute atomic E-state index is 12.2. The van der Waals surface area contributed by atoms with E-state index in [-0.39, 0.29) is 23.7 Å². The van der Waals surface area contributed by atoms with E-state index in [0.29, 0.717) is 10.2 Å². The van der Waals surface area contributed by atoms with Gasteiger partial charge in [-0.3, -0.25) is 4.79 Å². The molecule has 0 radical (unpaired) electrons. The van der Waals surface area contributed by atoms with E-state index in [1.54, 1.807) is 13.0 Å². The van der Waals surface area contributed by atoms with E-state index in [2.05, 4.69) is 15.9 Å². The molecule has 0 saturated heterocycles. The number of ether oxygens (including phenoxy) is 4. The van der Waals surface area contributed by atoms with Crippen molar-refractivity contribution in [3.63, 3.8) is 0 Å². The van der Waals surface area contributed by atoms with E-state index < -0.39 is 11.8 Å². The first-order chi connectivity index (χ1) is 9.51. The number of halogens is 1. The van der Waals surface area contributed by atoms with Gasteiger partial charge in [-0.2, -0.15) is 0 Å². The monoisotopic (exact) mass is 346 g/mol. The average molecular weight is 347 g/mol. The lowest BCUT2D eigenvalue weighted by molar-refractivity contribution is -0.137. The average Bonchev–Trinajstić information content (AvgIpc) is 2.45. The summed E-state index contributed by atoms with van der Waals surface area (Å²) in [7, 11) is 4.18. The van der Waals surface area contributed by atoms with Gasteiger partial charge in [0.2, 0.25) is 0 Å². The highest BCUT2D eigenvalue weighted by Crippen LogP contribution is 2.43. The van der Waals surface area contributed by atoms with Crippen LogP contribution < -0.4 is 14.2 Å². The summed E-state index contributed by atoms with van der Waals surface area (Å²) in [6.07, 6.45) is 0. The molecule has 0 heterocycles. The van der Waals surface area contributed by atoms with Crippen LogP contribution in [-0.4, -0.2) is 39.7 Å². The summed E-state index contributed by atoms with van der Waals surface area (Å²) >= 11 is 3.25. The zero-order chi connectivity index (χ0) is 15.3. The second kappa shape index (κ2) is 7.14. The lowest BCUT2D eigenvalue weighted by Crippen LogP contribution is -2.19. The number of ketones is 1. The van der Waals surface area contributed by atoms with E-state index in [0.717, 1.165) is 0 Å². The minimum absolute atomic E-state index is 0.0420. The summed E-state index contributed by atoms with van der Waals surface area (Å²) in [5, 5.41) is 0. The molecule has 20 heavy (non-hydrogen) atoms. The summed E-state index contributed by atoms with van der Waals surface area (Å²) in [5.41, 5.74) is -0.0420. The van der Waals surface area contributed by atoms with Crippen molar-refractivity contribution in [2.45, 2.75) is 6.92 Å². The fraction of sp³-hybridized carbons (Fsp3) is 0.385. The van der Waals surface area contributed by atoms with Gasteiger partial charge in [0, 0.05) is 6.07 Å². The zero-order valence-electron chi connectivity index (χ0n) is 11.6. The maximum atomic E-state index is 12.2. The first kappa shape index (κ1) is 16.3. The Bertz CT molecular complexity index is 526. The van der Waals surface area contributed by atoms with Crippen LogP contribution in [0.25, 0.3) is 0 Å². The largest absolute Gasteiger partial charge is 0.495 e. The molecule has 0 spiro atoms. The van der Waals surface area contributed by atoms with Crippen LogP contribution in [0.4, 0.5) is 0 Å². The zero-order valence-corrected chi connectivity index (χ0v) is 13.2. The van der Waals surface area contributed by atoms with Crippen LogP contribution in [0.2, 0.25) is 0 Å². The third-order valence-electron chi connectivity index (χ3n) is 2.47. The quantitative estimate of drug-likeness (QED) is 0.446. The van der Waals surface area contributed by atoms with Crippen LogP contribution in [0.5, 0.6) is 17.2 Å². The Labute approximate surface area is 125 Å². The highest BCUT2D eigenvalue weighted by molar-refractivity contribution is 9.10. The Kier molecular flexibility index (Phi) is 5.82. The molecule has 1 rings (SSSR count). The summed E-state index contributed by atoms with van der Waals surface area (Å²) in [4.78, 5) is 23.9. The van der Waals surface area contributed by atoms with E-state index in [9.17, 15) is 9.59 Å². The van der Waals surface area contributed by atoms with E-state index in [4.69, 9.17) is 18.9 Å². The topological polar surface area (TPSA) is 71.1 Å². The molecule has 7 heteroatoms. The molecule has 0 aliphatic rings. The van der Waals surface area contributed by atoms with Crippen molar-refractivity contribution in [1.29, 1.82) is 0 Å². The minimum Gasteiger partial charge on any atom is -0.495 e. The van der Waals surface area contributed by atoms with Gasteiger partial charge in [-0.1, -0.05) is 0 Å². The second-order valence-electron chi connectivity index (χ2n) is 3.55. The van der Waals surface area contributed by atoms with Crippen molar-refractivity contribution in [3.8, 4) is 17.2 Å². The molecule has 0 aromatic heterocycles. The molecule has 6 nitrogen and oxygen atoms in total. The van der Waals surface area contributed by atoms with Gasteiger partial charge in [0.15, 0.2) is 11.5 Å². The van der Waals surface area contributed by atoms with Crippen molar-refractivity contribution in [2.24, 2.45) is 0 Å². The van der Waals surface area contributed by atoms with E-state index in [1.807, 2.05) is 0 Å². The van der Waals surface area contributed by atoms with Gasteiger partial charge < -0.3 is 18.9 Å². The summed E-state index contributed by atoms with van der Waals surface area (Å²) in [6.45, 7) is 1.71. The number of carbonyl (C=O) groups excluding carboxylic acids is 2. The number of methoxy groups -OCH3 is 3. The standard InChI is InChI=1S/C13H15BrO6/c1-5-20-13(16)10(15)9-11(18-3)7(14)6-8(17-2)12(9)19-4/h6H,5H2,1-4H3. The van der Waals surface area contributed by atoms with Gasteiger partial charge in [0.1, 0.15) is 11.3 Å². The molecule has 1 aromatic rings. The number of benzene rings is 1. The Hall–Kier alpha value is -1.76. The van der Waals surface area contributed by atoms with Gasteiger partial charge in [-0.15, -0.1) is 0 Å². The predicted octanol–water partition coefficient (Wildman–Crippen LogP) is 2.22. The predicted molar refractivity (Wildman–Crippen MR) is 74.8 cm³/mol. The maximum Gasteiger partial charge on any atom is 0.379 e. The molecular formula is C13H15BrO6. The number of Topliss-reactive ketones (excluding diaryl/α,β-unsaturated/α-hetero) is 1. The van der Waals surface area contributed by atoms with Gasteiger partial charge in [0.05, 0.1) is 32.4 Å². The van der Waals surface area contributed by atoms with Gasteiger partial charge >= 0.3 is 5.97 Å². The summed E-state index contributed by atoms with van der Waals surface area (Å²) < 4.78 is 20.6. The van der Waals surface area contributed by atoms with Gasteiger partial charge in [-0.25, -0.2) is 4.79 Å². The third-order valence-corrected chi connectivity index (χ3v) is 3.06. The van der Waals surface area contributed by atoms with Crippen molar-refractivity contribution in [1.82, 2.24) is 0 Å². The van der Waals surface area contributed by atoms with Crippen LogP contribution in [0.1, 0.15) is 17.3 Å². The second-order valence-corrected chi connectivity index (χ2v) is 4.41. The molecule has 0 amide bonds. The van der Waals surface area contributed by atoms with Crippen molar-refractivity contribution >= 4 is 27.7 Å². The lowest BCUT2D eigenvalue weighted by atomic mass is 10.1. The summed E-state index contributed by atoms with van der Waals surface area (Å²) in [5.74, 6) is -1.25. The van der Waals surface area contributed by atoms with Crippen LogP contribution in [-0.2, 0) is 9.53 Å². The first-order valence-corrected chi connectivity index (χ1v) is 6.50. The van der Waals surface area contributed by atoms with Crippen molar-refractivity contribution in [2.75, 3.05) is 27.9 Å². The molecule has 0 fully saturated rings. The van der Waals surface area contributed by atoms with Crippen LogP contribution in [0, 0.1) is 0 Å². The fourth-order valence-electron chi connectivity index (χ4n) is 1.65. The molecule has 0 saturated carbocycles. The van der Waals surface area contributed by atoms with E-state index >= 15 is 0 Å². The normalized spacial score (nSPS) is 9.85. The van der Waals surface area contributed by atoms with E-state index in [1.165, 1.54) is 21.3 Å². The molecule has 0 aliphatic heterocycles. The Morgan fingerprint density at radius 3 is 2.15 bits per heavy atom. The molecule has 0 unspecified atom stereocenters. The molecule has 0 bridgehead atoms. The first-order valence-electron chi connectivity index (χ1n) is 5.71. The van der Waals surface area contributed by atoms with Crippen LogP contribution in [0.3, 0.4) is 0 Å². The lowest BCUT2D eigenvalue weighted by Gasteiger charge is -2.16. The number of esters is 1. The smallest absolute Gasteiger partial charge is 0.379 e. The Morgan fingerprint density at radius 1 is 1.10 bits per heavy atom. The number of rotatable bonds is 6. The molecular weight excluding hydrogens is 332 g/mol.